The molecule has 0 atom stereocenters. The van der Waals surface area contributed by atoms with Gasteiger partial charge >= 0.3 is 0 Å². The Morgan fingerprint density at radius 2 is 0.854 bits per heavy atom. The van der Waals surface area contributed by atoms with Crippen molar-refractivity contribution in [2.45, 2.75) is 0 Å². The van der Waals surface area contributed by atoms with Crippen molar-refractivity contribution in [2.75, 3.05) is 0 Å². The molecule has 10 aromatic rings. The van der Waals surface area contributed by atoms with E-state index in [2.05, 4.69) is 191 Å². The quantitative estimate of drug-likeness (QED) is 0.175. The van der Waals surface area contributed by atoms with Crippen molar-refractivity contribution in [2.24, 2.45) is 0 Å². The lowest BCUT2D eigenvalue weighted by Crippen LogP contribution is -2.02. The van der Waals surface area contributed by atoms with E-state index in [-0.39, 0.29) is 0 Å². The van der Waals surface area contributed by atoms with Crippen LogP contribution < -0.4 is 0 Å². The Hall–Kier alpha value is -6.38. The summed E-state index contributed by atoms with van der Waals surface area (Å²) in [5.74, 6) is 0. The van der Waals surface area contributed by atoms with Gasteiger partial charge in [-0.25, -0.2) is 0 Å². The number of nitrogens with zero attached hydrogens (tertiary/aromatic N) is 2. The minimum Gasteiger partial charge on any atom is -0.307 e. The van der Waals surface area contributed by atoms with Gasteiger partial charge in [-0.2, -0.15) is 0 Å². The summed E-state index contributed by atoms with van der Waals surface area (Å²) in [7, 11) is 0. The van der Waals surface area contributed by atoms with Crippen LogP contribution in [0.1, 0.15) is 0 Å². The molecule has 10 rings (SSSR count). The summed E-state index contributed by atoms with van der Waals surface area (Å²) >= 11 is 0. The Labute approximate surface area is 278 Å². The van der Waals surface area contributed by atoms with E-state index in [4.69, 9.17) is 0 Å². The topological polar surface area (TPSA) is 9.86 Å². The average molecular weight is 611 g/mol. The normalized spacial score (nSPS) is 11.8. The summed E-state index contributed by atoms with van der Waals surface area (Å²) in [5, 5.41) is 8.67. The summed E-state index contributed by atoms with van der Waals surface area (Å²) < 4.78 is 5.02. The summed E-state index contributed by atoms with van der Waals surface area (Å²) in [6.45, 7) is 0. The van der Waals surface area contributed by atoms with Crippen LogP contribution in [0.25, 0.3) is 88.0 Å². The third-order valence-corrected chi connectivity index (χ3v) is 9.87. The first kappa shape index (κ1) is 26.8. The zero-order chi connectivity index (χ0) is 31.6. The second-order valence-corrected chi connectivity index (χ2v) is 12.5. The van der Waals surface area contributed by atoms with E-state index in [1.54, 1.807) is 0 Å². The smallest absolute Gasteiger partial charge is 0.0789 e. The van der Waals surface area contributed by atoms with Gasteiger partial charge < -0.3 is 9.13 Å². The minimum absolute atomic E-state index is 1.14. The van der Waals surface area contributed by atoms with Crippen LogP contribution in [0.3, 0.4) is 0 Å². The lowest BCUT2D eigenvalue weighted by Gasteiger charge is -2.20. The van der Waals surface area contributed by atoms with Gasteiger partial charge in [0.1, 0.15) is 0 Å². The molecule has 0 aliphatic heterocycles. The van der Waals surface area contributed by atoms with E-state index in [1.165, 1.54) is 82.3 Å². The van der Waals surface area contributed by atoms with E-state index >= 15 is 0 Å². The molecular weight excluding hydrogens is 581 g/mol. The number of hydrogen-bond acceptors (Lipinski definition) is 0. The highest BCUT2D eigenvalue weighted by Crippen LogP contribution is 2.46. The molecule has 2 heterocycles. The third-order valence-electron chi connectivity index (χ3n) is 9.87. The van der Waals surface area contributed by atoms with Crippen LogP contribution in [0.15, 0.2) is 182 Å². The Bertz CT molecular complexity index is 2750. The fraction of sp³-hybridized carbons (Fsp3) is 0. The highest BCUT2D eigenvalue weighted by atomic mass is 15.0. The monoisotopic (exact) mass is 610 g/mol. The molecule has 0 bridgehead atoms. The third kappa shape index (κ3) is 3.87. The first-order valence-electron chi connectivity index (χ1n) is 16.5. The van der Waals surface area contributed by atoms with Crippen LogP contribution in [0, 0.1) is 0 Å². The maximum Gasteiger partial charge on any atom is 0.0789 e. The largest absolute Gasteiger partial charge is 0.307 e. The second-order valence-electron chi connectivity index (χ2n) is 12.5. The molecule has 8 aromatic carbocycles. The summed E-state index contributed by atoms with van der Waals surface area (Å²) in [5.41, 5.74) is 10.8. The molecule has 2 nitrogen and oxygen atoms in total. The SMILES string of the molecule is c1ccc(-c2c3ccccc3c(-n3c4ccccc4c4ccc5cc(-c6ccccc6)n(-c6ccccc6)c5c43)c3ccccc23)cc1. The lowest BCUT2D eigenvalue weighted by atomic mass is 9.90. The molecule has 0 amide bonds. The first-order chi connectivity index (χ1) is 23.9. The molecule has 0 aliphatic rings. The van der Waals surface area contributed by atoms with Crippen LogP contribution in [-0.2, 0) is 0 Å². The Morgan fingerprint density at radius 1 is 0.333 bits per heavy atom. The van der Waals surface area contributed by atoms with E-state index in [0.29, 0.717) is 0 Å². The highest BCUT2D eigenvalue weighted by molar-refractivity contribution is 6.24. The van der Waals surface area contributed by atoms with Crippen LogP contribution in [0.5, 0.6) is 0 Å². The highest BCUT2D eigenvalue weighted by Gasteiger charge is 2.24. The molecule has 0 radical (unpaired) electrons. The maximum absolute atomic E-state index is 2.56. The van der Waals surface area contributed by atoms with Gasteiger partial charge in [0.05, 0.1) is 27.9 Å². The predicted octanol–water partition coefficient (Wildman–Crippen LogP) is 12.4. The van der Waals surface area contributed by atoms with Crippen LogP contribution in [-0.4, -0.2) is 9.13 Å². The molecule has 0 aliphatic carbocycles. The second kappa shape index (κ2) is 10.6. The van der Waals surface area contributed by atoms with Crippen molar-refractivity contribution in [1.29, 1.82) is 0 Å². The summed E-state index contributed by atoms with van der Waals surface area (Å²) in [6, 6.07) is 66.1. The standard InChI is InChI=1S/C46H30N2/c1-4-16-31(17-5-1)42-30-33-28-29-40-35-22-14-15-27-41(35)48(46(40)44(33)47(42)34-20-8-3-9-21-34)45-38-25-12-10-23-36(38)43(32-18-6-2-7-19-32)37-24-11-13-26-39(37)45/h1-30H. The lowest BCUT2D eigenvalue weighted by molar-refractivity contribution is 1.13. The molecule has 0 spiro atoms. The van der Waals surface area contributed by atoms with E-state index in [9.17, 15) is 0 Å². The number of rotatable bonds is 4. The Morgan fingerprint density at radius 3 is 1.50 bits per heavy atom. The van der Waals surface area contributed by atoms with E-state index in [1.807, 2.05) is 0 Å². The van der Waals surface area contributed by atoms with Gasteiger partial charge in [0.15, 0.2) is 0 Å². The Kier molecular flexibility index (Phi) is 5.91. The zero-order valence-corrected chi connectivity index (χ0v) is 26.2. The molecule has 2 heteroatoms. The molecule has 0 unspecified atom stereocenters. The van der Waals surface area contributed by atoms with Crippen molar-refractivity contribution in [3.63, 3.8) is 0 Å². The molecule has 224 valence electrons. The van der Waals surface area contributed by atoms with Crippen molar-refractivity contribution in [1.82, 2.24) is 9.13 Å². The molecular formula is C46H30N2. The molecule has 48 heavy (non-hydrogen) atoms. The summed E-state index contributed by atoms with van der Waals surface area (Å²) in [6.07, 6.45) is 0. The number of aromatic nitrogens is 2. The van der Waals surface area contributed by atoms with E-state index in [0.717, 1.165) is 5.69 Å². The fourth-order valence-electron chi connectivity index (χ4n) is 7.90. The average Bonchev–Trinajstić information content (AvgIpc) is 3.71. The zero-order valence-electron chi connectivity index (χ0n) is 26.2. The number of hydrogen-bond donors (Lipinski definition) is 0. The van der Waals surface area contributed by atoms with E-state index < -0.39 is 0 Å². The molecule has 0 fully saturated rings. The molecule has 0 saturated carbocycles. The van der Waals surface area contributed by atoms with Gasteiger partial charge in [-0.05, 0) is 51.7 Å². The Balaban J connectivity index is 1.45. The number of fused-ring (bicyclic) bond motifs is 7. The minimum atomic E-state index is 1.14. The van der Waals surface area contributed by atoms with Gasteiger partial charge in [0.25, 0.3) is 0 Å². The van der Waals surface area contributed by atoms with Gasteiger partial charge in [-0.15, -0.1) is 0 Å². The molecule has 2 aromatic heterocycles. The molecule has 0 saturated heterocycles. The van der Waals surface area contributed by atoms with Crippen LogP contribution in [0.2, 0.25) is 0 Å². The fourth-order valence-corrected chi connectivity index (χ4v) is 7.90. The number of para-hydroxylation sites is 2. The van der Waals surface area contributed by atoms with Crippen molar-refractivity contribution in [3.05, 3.63) is 182 Å². The van der Waals surface area contributed by atoms with Crippen molar-refractivity contribution in [3.8, 4) is 33.8 Å². The van der Waals surface area contributed by atoms with Gasteiger partial charge in [0, 0.05) is 32.6 Å². The summed E-state index contributed by atoms with van der Waals surface area (Å²) in [4.78, 5) is 0. The maximum atomic E-state index is 2.56. The van der Waals surface area contributed by atoms with Crippen molar-refractivity contribution >= 4 is 54.3 Å². The predicted molar refractivity (Wildman–Crippen MR) is 203 cm³/mol. The van der Waals surface area contributed by atoms with Crippen molar-refractivity contribution < 1.29 is 0 Å². The van der Waals surface area contributed by atoms with Gasteiger partial charge in [0.2, 0.25) is 0 Å². The molecule has 0 N–H and O–H groups in total. The first-order valence-corrected chi connectivity index (χ1v) is 16.5. The van der Waals surface area contributed by atoms with Gasteiger partial charge in [-0.1, -0.05) is 158 Å². The number of benzene rings is 8. The van der Waals surface area contributed by atoms with Crippen LogP contribution >= 0.6 is 0 Å². The van der Waals surface area contributed by atoms with Gasteiger partial charge in [-0.3, -0.25) is 0 Å². The van der Waals surface area contributed by atoms with Crippen LogP contribution in [0.4, 0.5) is 0 Å².